The van der Waals surface area contributed by atoms with Crippen LogP contribution < -0.4 is 29.6 Å². The van der Waals surface area contributed by atoms with Gasteiger partial charge in [0.15, 0.2) is 5.60 Å². The summed E-state index contributed by atoms with van der Waals surface area (Å²) >= 11 is 0. The van der Waals surface area contributed by atoms with Gasteiger partial charge in [0, 0.05) is 23.9 Å². The number of aromatic nitrogens is 1. The minimum atomic E-state index is -4.82. The molecule has 1 aromatic carbocycles. The van der Waals surface area contributed by atoms with Gasteiger partial charge >= 0.3 is 22.4 Å². The van der Waals surface area contributed by atoms with Crippen molar-refractivity contribution >= 4 is 51.0 Å². The topological polar surface area (TPSA) is 227 Å². The van der Waals surface area contributed by atoms with Gasteiger partial charge in [-0.2, -0.15) is 8.42 Å². The van der Waals surface area contributed by atoms with Crippen LogP contribution in [-0.2, 0) is 43.1 Å². The number of nitrogens with one attached hydrogen (secondary N) is 3. The van der Waals surface area contributed by atoms with Crippen molar-refractivity contribution in [3.63, 3.8) is 0 Å². The molecule has 3 fully saturated rings. The molecule has 0 radical (unpaired) electrons. The summed E-state index contributed by atoms with van der Waals surface area (Å²) in [4.78, 5) is 74.0. The van der Waals surface area contributed by atoms with Crippen molar-refractivity contribution in [2.24, 2.45) is 11.3 Å². The average Bonchev–Trinajstić information content (AvgIpc) is 4.02. The lowest BCUT2D eigenvalue weighted by molar-refractivity contribution is -0.151. The van der Waals surface area contributed by atoms with Crippen molar-refractivity contribution in [1.29, 1.82) is 0 Å². The third kappa shape index (κ3) is 9.85. The van der Waals surface area contributed by atoms with E-state index in [0.29, 0.717) is 35.4 Å². The van der Waals surface area contributed by atoms with E-state index in [1.165, 1.54) is 12.0 Å². The van der Waals surface area contributed by atoms with E-state index in [-0.39, 0.29) is 38.1 Å². The van der Waals surface area contributed by atoms with Crippen LogP contribution in [0.1, 0.15) is 87.5 Å². The molecule has 58 heavy (non-hydrogen) atoms. The van der Waals surface area contributed by atoms with Crippen LogP contribution in [0.3, 0.4) is 0 Å². The van der Waals surface area contributed by atoms with Crippen LogP contribution in [0.15, 0.2) is 24.3 Å². The smallest absolute Gasteiger partial charge is 0.408 e. The number of rotatable bonds is 15. The summed E-state index contributed by atoms with van der Waals surface area (Å²) in [7, 11) is -2.20. The van der Waals surface area contributed by atoms with Crippen LogP contribution in [0.25, 0.3) is 10.9 Å². The summed E-state index contributed by atoms with van der Waals surface area (Å²) in [6.07, 6.45) is -1.03. The van der Waals surface area contributed by atoms with Gasteiger partial charge in [0.05, 0.1) is 32.9 Å². The number of benzene rings is 1. The highest BCUT2D eigenvalue weighted by Crippen LogP contribution is 2.47. The molecule has 0 bridgehead atoms. The SMILES string of the molecule is CCOc1cc(O[C@@H]2C[C@@H](C(=O)N[C@]3(C(=O)NS(=O)(=O)OC4(C(=O)OC)CC4)C[C@H]3CC)N(C(=O)[C@@H](NC(=O)OC(C)(C)C)C(C)(C)C)C2)c2ccc(OC)cc2n1. The summed E-state index contributed by atoms with van der Waals surface area (Å²) in [5.41, 5.74) is -4.63. The van der Waals surface area contributed by atoms with Gasteiger partial charge in [-0.3, -0.25) is 14.4 Å². The number of nitrogens with zero attached hydrogens (tertiary/aromatic N) is 2. The summed E-state index contributed by atoms with van der Waals surface area (Å²) in [5, 5.41) is 6.06. The van der Waals surface area contributed by atoms with Gasteiger partial charge < -0.3 is 39.2 Å². The molecule has 2 aliphatic carbocycles. The molecule has 1 aliphatic heterocycles. The van der Waals surface area contributed by atoms with Gasteiger partial charge in [-0.1, -0.05) is 34.1 Å². The Balaban J connectivity index is 1.46. The molecule has 19 heteroatoms. The minimum Gasteiger partial charge on any atom is -0.497 e. The lowest BCUT2D eigenvalue weighted by atomic mass is 9.85. The highest BCUT2D eigenvalue weighted by molar-refractivity contribution is 7.85. The number of fused-ring (bicyclic) bond motifs is 1. The van der Waals surface area contributed by atoms with Crippen LogP contribution >= 0.6 is 0 Å². The Labute approximate surface area is 338 Å². The maximum Gasteiger partial charge on any atom is 0.408 e. The predicted octanol–water partition coefficient (Wildman–Crippen LogP) is 3.30. The Bertz CT molecular complexity index is 2040. The van der Waals surface area contributed by atoms with Gasteiger partial charge in [0.1, 0.15) is 40.8 Å². The molecule has 5 atom stereocenters. The monoisotopic (exact) mass is 833 g/mol. The summed E-state index contributed by atoms with van der Waals surface area (Å²) < 4.78 is 60.8. The van der Waals surface area contributed by atoms with E-state index in [0.717, 1.165) is 7.11 Å². The van der Waals surface area contributed by atoms with Crippen molar-refractivity contribution in [2.45, 2.75) is 122 Å². The number of hydrogen-bond acceptors (Lipinski definition) is 14. The second kappa shape index (κ2) is 16.4. The second-order valence-corrected chi connectivity index (χ2v) is 18.2. The number of esters is 1. The van der Waals surface area contributed by atoms with Crippen molar-refractivity contribution < 1.29 is 60.3 Å². The van der Waals surface area contributed by atoms with Crippen molar-refractivity contribution in [2.75, 3.05) is 27.4 Å². The van der Waals surface area contributed by atoms with E-state index in [4.69, 9.17) is 23.1 Å². The molecule has 2 heterocycles. The number of alkyl carbamates (subject to hydrolysis) is 1. The zero-order valence-electron chi connectivity index (χ0n) is 34.7. The number of hydrogen-bond donors (Lipinski definition) is 3. The molecule has 1 saturated heterocycles. The Morgan fingerprint density at radius 2 is 1.71 bits per heavy atom. The lowest BCUT2D eigenvalue weighted by Gasteiger charge is -2.36. The molecule has 320 valence electrons. The molecule has 3 N–H and O–H groups in total. The second-order valence-electron chi connectivity index (χ2n) is 16.9. The van der Waals surface area contributed by atoms with Gasteiger partial charge in [0.25, 0.3) is 5.91 Å². The first kappa shape index (κ1) is 44.2. The number of methoxy groups -OCH3 is 2. The van der Waals surface area contributed by atoms with Crippen LogP contribution in [0, 0.1) is 11.3 Å². The van der Waals surface area contributed by atoms with Gasteiger partial charge in [0.2, 0.25) is 17.7 Å². The molecule has 4 amide bonds. The van der Waals surface area contributed by atoms with Crippen molar-refractivity contribution in [3.8, 4) is 17.4 Å². The normalized spacial score (nSPS) is 22.9. The molecule has 3 aliphatic rings. The van der Waals surface area contributed by atoms with E-state index in [1.807, 2.05) is 11.6 Å². The number of amides is 4. The lowest BCUT2D eigenvalue weighted by Crippen LogP contribution is -2.60. The Morgan fingerprint density at radius 1 is 1.02 bits per heavy atom. The minimum absolute atomic E-state index is 0.0532. The number of likely N-dealkylation sites (tertiary alicyclic amines) is 1. The van der Waals surface area contributed by atoms with Crippen LogP contribution in [0.2, 0.25) is 0 Å². The van der Waals surface area contributed by atoms with Crippen molar-refractivity contribution in [1.82, 2.24) is 25.2 Å². The first-order valence-electron chi connectivity index (χ1n) is 19.3. The van der Waals surface area contributed by atoms with Gasteiger partial charge in [-0.15, -0.1) is 0 Å². The zero-order chi connectivity index (χ0) is 43.0. The molecule has 0 unspecified atom stereocenters. The Hall–Kier alpha value is -4.91. The molecule has 18 nitrogen and oxygen atoms in total. The first-order valence-corrected chi connectivity index (χ1v) is 20.7. The Morgan fingerprint density at radius 3 is 2.26 bits per heavy atom. The third-order valence-corrected chi connectivity index (χ3v) is 11.2. The van der Waals surface area contributed by atoms with E-state index in [9.17, 15) is 32.4 Å². The van der Waals surface area contributed by atoms with Crippen molar-refractivity contribution in [3.05, 3.63) is 24.3 Å². The summed E-state index contributed by atoms with van der Waals surface area (Å²) in [5.74, 6) is -2.58. The first-order chi connectivity index (χ1) is 27.0. The largest absolute Gasteiger partial charge is 0.497 e. The fraction of sp³-hybridized carbons (Fsp3) is 0.641. The van der Waals surface area contributed by atoms with Crippen LogP contribution in [0.4, 0.5) is 4.79 Å². The van der Waals surface area contributed by atoms with E-state index >= 15 is 0 Å². The Kier molecular flexibility index (Phi) is 12.5. The molecule has 5 rings (SSSR count). The quantitative estimate of drug-likeness (QED) is 0.219. The van der Waals surface area contributed by atoms with Gasteiger partial charge in [-0.05, 0) is 70.4 Å². The van der Waals surface area contributed by atoms with E-state index in [2.05, 4.69) is 20.4 Å². The zero-order valence-corrected chi connectivity index (χ0v) is 35.5. The molecule has 0 spiro atoms. The third-order valence-electron chi connectivity index (χ3n) is 10.3. The highest BCUT2D eigenvalue weighted by Gasteiger charge is 2.63. The van der Waals surface area contributed by atoms with E-state index in [1.54, 1.807) is 72.7 Å². The fourth-order valence-corrected chi connectivity index (χ4v) is 8.17. The molecule has 2 saturated carbocycles. The standard InChI is InChI=1S/C39H55N5O13S/c1-11-22-20-39(22,33(47)43-58(50,51)57-38(15-16-38)34(48)53-10)42-31(45)27-18-24(21-44(27)32(46)30(36(3,4)5)41-35(49)56-37(6,7)8)55-28-19-29(54-12-2)40-26-17-23(52-9)13-14-25(26)28/h13-14,17,19,22,24,27,30H,11-12,15-16,18,20-21H2,1-10H3,(H,41,49)(H,42,45)(H,43,47)/t22-,24-,27+,30-,39-/m1/s1. The molecule has 2 aromatic rings. The molecule has 1 aromatic heterocycles. The molecular weight excluding hydrogens is 779 g/mol. The number of carbonyl (C=O) groups is 5. The average molecular weight is 834 g/mol. The van der Waals surface area contributed by atoms with Gasteiger partial charge in [-0.25, -0.2) is 23.5 Å². The maximum atomic E-state index is 14.6. The fourth-order valence-electron chi connectivity index (χ4n) is 7.06. The number of ether oxygens (including phenoxy) is 5. The molecular formula is C39H55N5O13S. The maximum absolute atomic E-state index is 14.6. The number of pyridine rings is 1. The van der Waals surface area contributed by atoms with E-state index < -0.39 is 86.3 Å². The van der Waals surface area contributed by atoms with Crippen LogP contribution in [0.5, 0.6) is 17.4 Å². The number of carbonyl (C=O) groups excluding carboxylic acids is 5. The predicted molar refractivity (Wildman–Crippen MR) is 208 cm³/mol. The summed E-state index contributed by atoms with van der Waals surface area (Å²) in [6, 6.07) is 4.42. The summed E-state index contributed by atoms with van der Waals surface area (Å²) in [6.45, 7) is 14.1. The van der Waals surface area contributed by atoms with Crippen LogP contribution in [-0.4, -0.2) is 110 Å². The highest BCUT2D eigenvalue weighted by atomic mass is 32.2.